The summed E-state index contributed by atoms with van der Waals surface area (Å²) in [5, 5.41) is 3.74. The van der Waals surface area contributed by atoms with Gasteiger partial charge in [0.25, 0.3) is 5.91 Å². The van der Waals surface area contributed by atoms with Gasteiger partial charge >= 0.3 is 0 Å². The summed E-state index contributed by atoms with van der Waals surface area (Å²) in [6, 6.07) is 11.7. The van der Waals surface area contributed by atoms with Gasteiger partial charge in [-0.25, -0.2) is 8.78 Å². The number of halogens is 2. The predicted octanol–water partition coefficient (Wildman–Crippen LogP) is 4.07. The molecule has 2 N–H and O–H groups in total. The molecular weight excluding hydrogens is 388 g/mol. The molecule has 2 aliphatic rings. The number of carbonyl (C=O) groups is 2. The highest BCUT2D eigenvalue weighted by molar-refractivity contribution is 5.98. The summed E-state index contributed by atoms with van der Waals surface area (Å²) in [4.78, 5) is 30.5. The van der Waals surface area contributed by atoms with Gasteiger partial charge in [0.15, 0.2) is 0 Å². The molecule has 7 heteroatoms. The summed E-state index contributed by atoms with van der Waals surface area (Å²) in [7, 11) is 0. The first-order chi connectivity index (χ1) is 14.4. The Balaban J connectivity index is 1.57. The molecule has 0 saturated carbocycles. The van der Waals surface area contributed by atoms with Gasteiger partial charge in [0.1, 0.15) is 17.3 Å². The largest absolute Gasteiger partial charge is 0.351 e. The number of H-pyrrole nitrogens is 1. The van der Waals surface area contributed by atoms with E-state index in [2.05, 4.69) is 10.3 Å². The lowest BCUT2D eigenvalue weighted by Gasteiger charge is -2.48. The molecule has 30 heavy (non-hydrogen) atoms. The van der Waals surface area contributed by atoms with Crippen LogP contribution in [0, 0.1) is 11.6 Å². The second kappa shape index (κ2) is 6.93. The molecule has 2 aliphatic heterocycles. The molecular formula is C23H21F2N3O2. The lowest BCUT2D eigenvalue weighted by molar-refractivity contribution is -0.120. The molecule has 154 valence electrons. The van der Waals surface area contributed by atoms with Crippen molar-refractivity contribution in [3.8, 4) is 0 Å². The molecule has 5 nitrogen and oxygen atoms in total. The number of hydrogen-bond acceptors (Lipinski definition) is 2. The lowest BCUT2D eigenvalue weighted by Crippen LogP contribution is -2.58. The number of nitrogens with zero attached hydrogens (tertiary/aromatic N) is 1. The van der Waals surface area contributed by atoms with E-state index in [1.807, 2.05) is 0 Å². The Labute approximate surface area is 172 Å². The summed E-state index contributed by atoms with van der Waals surface area (Å²) in [6.45, 7) is 0.516. The summed E-state index contributed by atoms with van der Waals surface area (Å²) < 4.78 is 27.1. The van der Waals surface area contributed by atoms with Crippen LogP contribution in [0.5, 0.6) is 0 Å². The molecule has 2 saturated heterocycles. The van der Waals surface area contributed by atoms with Crippen LogP contribution in [0.2, 0.25) is 0 Å². The van der Waals surface area contributed by atoms with Crippen LogP contribution < -0.4 is 5.32 Å². The normalized spacial score (nSPS) is 23.9. The quantitative estimate of drug-likeness (QED) is 0.670. The zero-order valence-corrected chi connectivity index (χ0v) is 16.3. The molecule has 2 fully saturated rings. The van der Waals surface area contributed by atoms with E-state index in [4.69, 9.17) is 0 Å². The molecule has 1 aromatic heterocycles. The van der Waals surface area contributed by atoms with Gasteiger partial charge in [0.2, 0.25) is 5.91 Å². The maximum atomic E-state index is 13.6. The monoisotopic (exact) mass is 409 g/mol. The molecule has 2 atom stereocenters. The van der Waals surface area contributed by atoms with Gasteiger partial charge in [-0.05, 0) is 61.2 Å². The maximum Gasteiger partial charge on any atom is 0.270 e. The van der Waals surface area contributed by atoms with Gasteiger partial charge < -0.3 is 15.2 Å². The Kier molecular flexibility index (Phi) is 4.34. The Hall–Kier alpha value is -3.22. The van der Waals surface area contributed by atoms with Gasteiger partial charge in [0, 0.05) is 23.9 Å². The van der Waals surface area contributed by atoms with Crippen molar-refractivity contribution in [2.24, 2.45) is 0 Å². The number of aromatic nitrogens is 1. The minimum atomic E-state index is -0.569. The standard InChI is InChI=1S/C23H21F2N3O2/c24-16-4-2-14(3-5-16)21-23(10-8-20(29)27-23)9-1-11-28(21)22(30)19-13-15-12-17(25)6-7-18(15)26-19/h2-7,12-13,21,26H,1,8-11H2,(H,27,29)/t21-,23+/m1/s1. The minimum absolute atomic E-state index is 0.0301. The predicted molar refractivity (Wildman–Crippen MR) is 108 cm³/mol. The van der Waals surface area contributed by atoms with E-state index in [-0.39, 0.29) is 23.4 Å². The van der Waals surface area contributed by atoms with E-state index in [1.165, 1.54) is 24.3 Å². The Morgan fingerprint density at radius 3 is 2.53 bits per heavy atom. The van der Waals surface area contributed by atoms with E-state index >= 15 is 0 Å². The second-order valence-corrected chi connectivity index (χ2v) is 8.18. The number of nitrogens with one attached hydrogen (secondary N) is 2. The number of likely N-dealkylation sites (tertiary alicyclic amines) is 1. The van der Waals surface area contributed by atoms with Gasteiger partial charge in [-0.1, -0.05) is 12.1 Å². The first-order valence-electron chi connectivity index (χ1n) is 10.1. The average molecular weight is 409 g/mol. The fraction of sp³-hybridized carbons (Fsp3) is 0.304. The molecule has 1 spiro atoms. The van der Waals surface area contributed by atoms with Gasteiger partial charge in [-0.2, -0.15) is 0 Å². The number of fused-ring (bicyclic) bond motifs is 1. The van der Waals surface area contributed by atoms with Crippen LogP contribution in [0.25, 0.3) is 10.9 Å². The molecule has 0 aliphatic carbocycles. The van der Waals surface area contributed by atoms with Crippen LogP contribution >= 0.6 is 0 Å². The van der Waals surface area contributed by atoms with Gasteiger partial charge in [0.05, 0.1) is 11.6 Å². The molecule has 0 bridgehead atoms. The van der Waals surface area contributed by atoms with Crippen molar-refractivity contribution in [2.45, 2.75) is 37.3 Å². The Morgan fingerprint density at radius 2 is 1.80 bits per heavy atom. The molecule has 3 aromatic rings. The third-order valence-corrected chi connectivity index (χ3v) is 6.30. The highest BCUT2D eigenvalue weighted by Crippen LogP contribution is 2.45. The molecule has 0 unspecified atom stereocenters. The molecule has 0 radical (unpaired) electrons. The van der Waals surface area contributed by atoms with Crippen molar-refractivity contribution < 1.29 is 18.4 Å². The van der Waals surface area contributed by atoms with Crippen molar-refractivity contribution in [1.82, 2.24) is 15.2 Å². The van der Waals surface area contributed by atoms with Crippen LogP contribution in [-0.4, -0.2) is 33.8 Å². The van der Waals surface area contributed by atoms with E-state index in [9.17, 15) is 18.4 Å². The van der Waals surface area contributed by atoms with Crippen LogP contribution in [0.3, 0.4) is 0 Å². The zero-order chi connectivity index (χ0) is 20.9. The van der Waals surface area contributed by atoms with E-state index < -0.39 is 11.6 Å². The van der Waals surface area contributed by atoms with Crippen molar-refractivity contribution in [1.29, 1.82) is 0 Å². The summed E-state index contributed by atoms with van der Waals surface area (Å²) in [5.74, 6) is -0.969. The van der Waals surface area contributed by atoms with Crippen molar-refractivity contribution in [2.75, 3.05) is 6.54 Å². The number of benzene rings is 2. The van der Waals surface area contributed by atoms with E-state index in [0.717, 1.165) is 18.4 Å². The number of hydrogen-bond donors (Lipinski definition) is 2. The molecule has 3 heterocycles. The average Bonchev–Trinajstić information content (AvgIpc) is 3.31. The number of rotatable bonds is 2. The highest BCUT2D eigenvalue weighted by Gasteiger charge is 2.50. The molecule has 5 rings (SSSR count). The summed E-state index contributed by atoms with van der Waals surface area (Å²) >= 11 is 0. The second-order valence-electron chi connectivity index (χ2n) is 8.18. The highest BCUT2D eigenvalue weighted by atomic mass is 19.1. The van der Waals surface area contributed by atoms with Crippen LogP contribution in [0.15, 0.2) is 48.5 Å². The molecule has 2 amide bonds. The number of aromatic amines is 1. The number of carbonyl (C=O) groups excluding carboxylic acids is 2. The van der Waals surface area contributed by atoms with Gasteiger partial charge in [-0.3, -0.25) is 9.59 Å². The van der Waals surface area contributed by atoms with Crippen molar-refractivity contribution in [3.05, 3.63) is 71.4 Å². The first kappa shape index (κ1) is 18.8. The van der Waals surface area contributed by atoms with E-state index in [1.54, 1.807) is 29.2 Å². The topological polar surface area (TPSA) is 65.2 Å². The van der Waals surface area contributed by atoms with Crippen molar-refractivity contribution >= 4 is 22.7 Å². The Bertz CT molecular complexity index is 1140. The van der Waals surface area contributed by atoms with E-state index in [0.29, 0.717) is 36.0 Å². The fourth-order valence-corrected chi connectivity index (χ4v) is 5.00. The number of piperidine rings is 1. The summed E-state index contributed by atoms with van der Waals surface area (Å²) in [5.41, 5.74) is 1.26. The lowest BCUT2D eigenvalue weighted by atomic mass is 9.76. The zero-order valence-electron chi connectivity index (χ0n) is 16.3. The van der Waals surface area contributed by atoms with Gasteiger partial charge in [-0.15, -0.1) is 0 Å². The van der Waals surface area contributed by atoms with Crippen LogP contribution in [0.1, 0.15) is 47.8 Å². The van der Waals surface area contributed by atoms with Crippen LogP contribution in [0.4, 0.5) is 8.78 Å². The number of amides is 2. The van der Waals surface area contributed by atoms with Crippen molar-refractivity contribution in [3.63, 3.8) is 0 Å². The Morgan fingerprint density at radius 1 is 1.03 bits per heavy atom. The summed E-state index contributed by atoms with van der Waals surface area (Å²) in [6.07, 6.45) is 2.53. The minimum Gasteiger partial charge on any atom is -0.351 e. The third-order valence-electron chi connectivity index (χ3n) is 6.30. The molecule has 2 aromatic carbocycles. The maximum absolute atomic E-state index is 13.6. The van der Waals surface area contributed by atoms with Crippen LogP contribution in [-0.2, 0) is 4.79 Å². The SMILES string of the molecule is O=C1CC[C@]2(CCCN(C(=O)c3cc4cc(F)ccc4[nH]3)[C@@H]2c2ccc(F)cc2)N1. The third kappa shape index (κ3) is 3.05. The smallest absolute Gasteiger partial charge is 0.270 e. The fourth-order valence-electron chi connectivity index (χ4n) is 5.00. The first-order valence-corrected chi connectivity index (χ1v) is 10.1.